The molecule has 1 atom stereocenters. The van der Waals surface area contributed by atoms with Crippen LogP contribution in [-0.4, -0.2) is 41.0 Å². The number of carbonyl (C=O) groups excluding carboxylic acids is 1. The quantitative estimate of drug-likeness (QED) is 0.285. The average molecular weight is 502 g/mol. The smallest absolute Gasteiger partial charge is 0.337 e. The number of benzene rings is 4. The normalized spacial score (nSPS) is 16.2. The molecule has 0 amide bonds. The maximum atomic E-state index is 13.9. The minimum absolute atomic E-state index is 0.129. The number of methoxy groups -OCH3 is 4. The van der Waals surface area contributed by atoms with Gasteiger partial charge in [0.2, 0.25) is 0 Å². The fourth-order valence-corrected chi connectivity index (χ4v) is 5.44. The summed E-state index contributed by atoms with van der Waals surface area (Å²) >= 11 is 0. The molecule has 0 saturated carbocycles. The van der Waals surface area contributed by atoms with Crippen LogP contribution in [0.5, 0.6) is 23.0 Å². The molecule has 0 radical (unpaired) electrons. The van der Waals surface area contributed by atoms with Crippen molar-refractivity contribution in [1.82, 2.24) is 0 Å². The Kier molecular flexibility index (Phi) is 5.33. The summed E-state index contributed by atoms with van der Waals surface area (Å²) in [4.78, 5) is 13.0. The van der Waals surface area contributed by atoms with Gasteiger partial charge in [-0.05, 0) is 63.7 Å². The first-order valence-electron chi connectivity index (χ1n) is 11.7. The van der Waals surface area contributed by atoms with E-state index in [0.29, 0.717) is 34.3 Å². The molecular weight excluding hydrogens is 477 g/mol. The maximum Gasteiger partial charge on any atom is 0.337 e. The van der Waals surface area contributed by atoms with Gasteiger partial charge in [0, 0.05) is 11.3 Å². The number of nitrogens with one attached hydrogen (secondary N) is 1. The van der Waals surface area contributed by atoms with Crippen molar-refractivity contribution in [3.05, 3.63) is 76.7 Å². The highest BCUT2D eigenvalue weighted by Crippen LogP contribution is 2.53. The fourth-order valence-electron chi connectivity index (χ4n) is 5.44. The Morgan fingerprint density at radius 3 is 1.86 bits per heavy atom. The molecule has 0 fully saturated rings. The van der Waals surface area contributed by atoms with Crippen molar-refractivity contribution in [1.29, 1.82) is 0 Å². The zero-order valence-corrected chi connectivity index (χ0v) is 20.7. The summed E-state index contributed by atoms with van der Waals surface area (Å²) in [6.45, 7) is 0.129. The molecule has 1 N–H and O–H groups in total. The molecule has 0 aliphatic carbocycles. The molecule has 1 unspecified atom stereocenters. The molecule has 2 aliphatic rings. The van der Waals surface area contributed by atoms with Crippen molar-refractivity contribution in [2.24, 2.45) is 0 Å². The van der Waals surface area contributed by atoms with Crippen LogP contribution in [0.25, 0.3) is 21.5 Å². The van der Waals surface area contributed by atoms with Crippen LogP contribution >= 0.6 is 0 Å². The number of carbonyl (C=O) groups is 1. The van der Waals surface area contributed by atoms with Gasteiger partial charge in [-0.15, -0.1) is 0 Å². The van der Waals surface area contributed by atoms with Gasteiger partial charge in [0.05, 0.1) is 45.4 Å². The number of cyclic esters (lactones) is 1. The summed E-state index contributed by atoms with van der Waals surface area (Å²) in [5, 5.41) is 6.96. The van der Waals surface area contributed by atoms with Crippen molar-refractivity contribution in [3.8, 4) is 23.0 Å². The number of hydrogen-bond donors (Lipinski definition) is 1. The molecule has 8 heteroatoms. The number of hydrogen-bond acceptors (Lipinski definition) is 7. The summed E-state index contributed by atoms with van der Waals surface area (Å²) < 4.78 is 41.9. The standard InChI is InChI=1S/C29H24FNO6/c1-33-21-9-16-17-10-22(34-2)24(36-4)12-19(17)28-26(18(16)11-23(21)35-3)25(14-5-7-15(30)8-6-14)27-20(31-28)13-37-29(27)32/h5-12,25,31H,13H2,1-4H3. The van der Waals surface area contributed by atoms with Crippen LogP contribution in [0.1, 0.15) is 17.0 Å². The minimum Gasteiger partial charge on any atom is -0.493 e. The van der Waals surface area contributed by atoms with Crippen LogP contribution in [0.3, 0.4) is 0 Å². The van der Waals surface area contributed by atoms with Gasteiger partial charge in [-0.1, -0.05) is 12.1 Å². The SMILES string of the molecule is COc1cc2c3c(c4cc(OC)c(OC)cc4c2cc1OC)C(c1ccc(F)cc1)C1=C(COC1=O)N3. The predicted molar refractivity (Wildman–Crippen MR) is 138 cm³/mol. The van der Waals surface area contributed by atoms with E-state index in [9.17, 15) is 9.18 Å². The molecule has 2 heterocycles. The van der Waals surface area contributed by atoms with Gasteiger partial charge in [0.15, 0.2) is 23.0 Å². The monoisotopic (exact) mass is 501 g/mol. The molecule has 7 nitrogen and oxygen atoms in total. The van der Waals surface area contributed by atoms with E-state index in [0.717, 1.165) is 38.4 Å². The first kappa shape index (κ1) is 23.0. The summed E-state index contributed by atoms with van der Waals surface area (Å²) in [6, 6.07) is 13.9. The van der Waals surface area contributed by atoms with E-state index in [2.05, 4.69) is 5.32 Å². The lowest BCUT2D eigenvalue weighted by Crippen LogP contribution is -2.20. The first-order chi connectivity index (χ1) is 18.0. The second kappa shape index (κ2) is 8.58. The molecule has 0 spiro atoms. The van der Waals surface area contributed by atoms with Crippen LogP contribution in [0.15, 0.2) is 59.8 Å². The number of anilines is 1. The van der Waals surface area contributed by atoms with Crippen LogP contribution in [-0.2, 0) is 9.53 Å². The molecule has 0 aromatic heterocycles. The number of esters is 1. The van der Waals surface area contributed by atoms with E-state index in [-0.39, 0.29) is 12.4 Å². The second-order valence-electron chi connectivity index (χ2n) is 8.87. The zero-order valence-electron chi connectivity index (χ0n) is 20.7. The van der Waals surface area contributed by atoms with E-state index >= 15 is 0 Å². The number of fused-ring (bicyclic) bond motifs is 6. The van der Waals surface area contributed by atoms with E-state index in [1.54, 1.807) is 40.6 Å². The Labute approximate surface area is 212 Å². The lowest BCUT2D eigenvalue weighted by Gasteiger charge is -2.31. The van der Waals surface area contributed by atoms with E-state index in [4.69, 9.17) is 23.7 Å². The molecule has 37 heavy (non-hydrogen) atoms. The third-order valence-corrected chi connectivity index (χ3v) is 7.12. The number of ether oxygens (including phenoxy) is 5. The van der Waals surface area contributed by atoms with Crippen LogP contribution < -0.4 is 24.3 Å². The topological polar surface area (TPSA) is 75.2 Å². The molecule has 2 aliphatic heterocycles. The highest BCUT2D eigenvalue weighted by Gasteiger charge is 2.40. The molecule has 0 bridgehead atoms. The molecule has 6 rings (SSSR count). The van der Waals surface area contributed by atoms with Crippen molar-refractivity contribution in [3.63, 3.8) is 0 Å². The van der Waals surface area contributed by atoms with Crippen molar-refractivity contribution in [2.75, 3.05) is 40.4 Å². The molecular formula is C29H24FNO6. The Bertz CT molecular complexity index is 1630. The van der Waals surface area contributed by atoms with Crippen molar-refractivity contribution in [2.45, 2.75) is 5.92 Å². The number of halogens is 1. The summed E-state index contributed by atoms with van der Waals surface area (Å²) in [7, 11) is 6.34. The second-order valence-corrected chi connectivity index (χ2v) is 8.87. The van der Waals surface area contributed by atoms with Crippen LogP contribution in [0, 0.1) is 5.82 Å². The lowest BCUT2D eigenvalue weighted by atomic mass is 9.77. The first-order valence-corrected chi connectivity index (χ1v) is 11.7. The predicted octanol–water partition coefficient (Wildman–Crippen LogP) is 5.53. The zero-order chi connectivity index (χ0) is 25.8. The van der Waals surface area contributed by atoms with Gasteiger partial charge in [-0.3, -0.25) is 0 Å². The summed E-state index contributed by atoms with van der Waals surface area (Å²) in [5.74, 6) is 1.00. The van der Waals surface area contributed by atoms with Gasteiger partial charge in [0.1, 0.15) is 12.4 Å². The lowest BCUT2D eigenvalue weighted by molar-refractivity contribution is -0.136. The fraction of sp³-hybridized carbons (Fsp3) is 0.207. The molecule has 188 valence electrons. The molecule has 0 saturated heterocycles. The van der Waals surface area contributed by atoms with Crippen molar-refractivity contribution < 1.29 is 32.9 Å². The van der Waals surface area contributed by atoms with Gasteiger partial charge < -0.3 is 29.0 Å². The third-order valence-electron chi connectivity index (χ3n) is 7.12. The van der Waals surface area contributed by atoms with Gasteiger partial charge in [0.25, 0.3) is 0 Å². The number of rotatable bonds is 5. The Morgan fingerprint density at radius 2 is 1.30 bits per heavy atom. The van der Waals surface area contributed by atoms with Gasteiger partial charge in [-0.25, -0.2) is 9.18 Å². The highest BCUT2D eigenvalue weighted by atomic mass is 19.1. The van der Waals surface area contributed by atoms with E-state index < -0.39 is 11.9 Å². The molecule has 4 aromatic carbocycles. The van der Waals surface area contributed by atoms with E-state index in [1.165, 1.54) is 12.1 Å². The van der Waals surface area contributed by atoms with Crippen molar-refractivity contribution >= 4 is 33.2 Å². The summed E-state index contributed by atoms with van der Waals surface area (Å²) in [5.41, 5.74) is 3.62. The third kappa shape index (κ3) is 3.36. The minimum atomic E-state index is -0.500. The molecule has 4 aromatic rings. The Hall–Kier alpha value is -4.46. The van der Waals surface area contributed by atoms with Crippen LogP contribution in [0.4, 0.5) is 10.1 Å². The van der Waals surface area contributed by atoms with E-state index in [1.807, 2.05) is 24.3 Å². The summed E-state index contributed by atoms with van der Waals surface area (Å²) in [6.07, 6.45) is 0. The van der Waals surface area contributed by atoms with Gasteiger partial charge >= 0.3 is 5.97 Å². The maximum absolute atomic E-state index is 13.9. The van der Waals surface area contributed by atoms with Gasteiger partial charge in [-0.2, -0.15) is 0 Å². The van der Waals surface area contributed by atoms with Crippen LogP contribution in [0.2, 0.25) is 0 Å². The Balaban J connectivity index is 1.80. The largest absolute Gasteiger partial charge is 0.493 e. The Morgan fingerprint density at radius 1 is 0.784 bits per heavy atom. The average Bonchev–Trinajstić information content (AvgIpc) is 3.31. The highest BCUT2D eigenvalue weighted by molar-refractivity contribution is 6.19.